The highest BCUT2D eigenvalue weighted by atomic mass is 32.2. The lowest BCUT2D eigenvalue weighted by Gasteiger charge is -2.29. The lowest BCUT2D eigenvalue weighted by Crippen LogP contribution is -2.36. The van der Waals surface area contributed by atoms with Crippen LogP contribution in [-0.4, -0.2) is 42.5 Å². The third kappa shape index (κ3) is 3.50. The largest absolute Gasteiger partial charge is 0.378 e. The van der Waals surface area contributed by atoms with Crippen molar-refractivity contribution < 1.29 is 18.5 Å². The molecule has 0 radical (unpaired) electrons. The highest BCUT2D eigenvalue weighted by Gasteiger charge is 2.33. The monoisotopic (exact) mass is 466 g/mol. The Morgan fingerprint density at radius 2 is 1.73 bits per heavy atom. The molecule has 6 rings (SSSR count). The molecule has 1 unspecified atom stereocenters. The van der Waals surface area contributed by atoms with Crippen LogP contribution in [0.3, 0.4) is 0 Å². The van der Waals surface area contributed by atoms with Crippen LogP contribution in [0.15, 0.2) is 33.5 Å². The molecule has 0 saturated carbocycles. The molecule has 0 spiro atoms. The van der Waals surface area contributed by atoms with Gasteiger partial charge in [0.05, 0.1) is 23.7 Å². The zero-order valence-corrected chi connectivity index (χ0v) is 19.1. The summed E-state index contributed by atoms with van der Waals surface area (Å²) in [6.07, 6.45) is 6.04. The molecule has 1 saturated heterocycles. The molecule has 2 aliphatic heterocycles. The summed E-state index contributed by atoms with van der Waals surface area (Å²) in [4.78, 5) is 27.9. The molecule has 0 bridgehead atoms. The zero-order chi connectivity index (χ0) is 22.6. The second-order valence-corrected chi connectivity index (χ2v) is 10.9. The number of rotatable bonds is 2. The molecule has 2 aromatic carbocycles. The van der Waals surface area contributed by atoms with Crippen molar-refractivity contribution in [1.82, 2.24) is 4.72 Å². The summed E-state index contributed by atoms with van der Waals surface area (Å²) >= 11 is 0. The van der Waals surface area contributed by atoms with Gasteiger partial charge in [-0.3, -0.25) is 9.52 Å². The fourth-order valence-corrected chi connectivity index (χ4v) is 7.10. The summed E-state index contributed by atoms with van der Waals surface area (Å²) in [5.41, 5.74) is 6.94. The van der Waals surface area contributed by atoms with Crippen LogP contribution in [0.2, 0.25) is 0 Å². The van der Waals surface area contributed by atoms with Gasteiger partial charge in [-0.1, -0.05) is 6.07 Å². The smallest absolute Gasteiger partial charge is 0.355 e. The molecule has 1 fully saturated rings. The predicted molar refractivity (Wildman–Crippen MR) is 125 cm³/mol. The molecule has 8 nitrogen and oxygen atoms in total. The first kappa shape index (κ1) is 20.7. The van der Waals surface area contributed by atoms with Crippen molar-refractivity contribution >= 4 is 33.2 Å². The van der Waals surface area contributed by atoms with Crippen LogP contribution in [0.25, 0.3) is 0 Å². The zero-order valence-electron chi connectivity index (χ0n) is 18.3. The van der Waals surface area contributed by atoms with Crippen LogP contribution in [0, 0.1) is 0 Å². The molecule has 3 amide bonds. The molecule has 2 N–H and O–H groups in total. The Labute approximate surface area is 193 Å². The average molecular weight is 467 g/mol. The number of amides is 3. The van der Waals surface area contributed by atoms with Gasteiger partial charge in [-0.25, -0.2) is 9.00 Å². The van der Waals surface area contributed by atoms with Gasteiger partial charge in [-0.2, -0.15) is 0 Å². The highest BCUT2D eigenvalue weighted by molar-refractivity contribution is 7.93. The molecular weight excluding hydrogens is 440 g/mol. The van der Waals surface area contributed by atoms with Gasteiger partial charge in [0.2, 0.25) is 0 Å². The molecule has 0 aromatic heterocycles. The molecular formula is C24H26N4O4S. The van der Waals surface area contributed by atoms with Gasteiger partial charge < -0.3 is 15.0 Å². The number of ether oxygens (including phenoxy) is 1. The van der Waals surface area contributed by atoms with Gasteiger partial charge >= 0.3 is 6.03 Å². The minimum absolute atomic E-state index is 0.273. The first-order valence-electron chi connectivity index (χ1n) is 11.6. The van der Waals surface area contributed by atoms with E-state index >= 15 is 0 Å². The van der Waals surface area contributed by atoms with Crippen molar-refractivity contribution in [3.05, 3.63) is 52.1 Å². The number of carbonyl (C=O) groups excluding carboxylic acids is 2. The quantitative estimate of drug-likeness (QED) is 0.708. The molecule has 33 heavy (non-hydrogen) atoms. The first-order chi connectivity index (χ1) is 16.0. The predicted octanol–water partition coefficient (Wildman–Crippen LogP) is 3.22. The van der Waals surface area contributed by atoms with Crippen molar-refractivity contribution in [2.24, 2.45) is 4.36 Å². The van der Waals surface area contributed by atoms with E-state index in [2.05, 4.69) is 25.4 Å². The minimum Gasteiger partial charge on any atom is -0.378 e. The van der Waals surface area contributed by atoms with Crippen LogP contribution in [0.1, 0.15) is 45.5 Å². The fraction of sp³-hybridized carbons (Fsp3) is 0.417. The maximum atomic E-state index is 13.7. The van der Waals surface area contributed by atoms with E-state index in [0.717, 1.165) is 49.9 Å². The van der Waals surface area contributed by atoms with Crippen molar-refractivity contribution in [2.45, 2.75) is 43.4 Å². The lowest BCUT2D eigenvalue weighted by molar-refractivity contribution is 0.0985. The Hall–Kier alpha value is -2.91. The SMILES string of the molecule is O=C(N=S1(=O)NC(=O)c2ccc(N3CCOCC3)cc21)Nc1c2c(cc3c1CCC3)CCC2. The van der Waals surface area contributed by atoms with Crippen LogP contribution >= 0.6 is 0 Å². The number of aryl methyl sites for hydroxylation is 2. The number of benzene rings is 2. The summed E-state index contributed by atoms with van der Waals surface area (Å²) in [7, 11) is -3.42. The summed E-state index contributed by atoms with van der Waals surface area (Å²) in [6.45, 7) is 2.65. The summed E-state index contributed by atoms with van der Waals surface area (Å²) in [6, 6.07) is 6.82. The molecule has 2 aromatic rings. The summed E-state index contributed by atoms with van der Waals surface area (Å²) < 4.78 is 25.6. The van der Waals surface area contributed by atoms with E-state index in [1.165, 1.54) is 22.3 Å². The second-order valence-electron chi connectivity index (χ2n) is 8.99. The molecule has 172 valence electrons. The van der Waals surface area contributed by atoms with Gasteiger partial charge in [0.15, 0.2) is 9.92 Å². The molecule has 1 atom stereocenters. The standard InChI is InChI=1S/C24H26N4O4S/c29-23-20-8-7-17(28-9-11-32-12-10-28)14-21(20)33(31,26-23)27-24(30)25-22-18-5-1-3-15(18)13-16-4-2-6-19(16)22/h7-8,13-14H,1-6,9-12H2,(H2,25,26,27,29,30,31). The van der Waals surface area contributed by atoms with Gasteiger partial charge in [-0.15, -0.1) is 4.36 Å². The maximum Gasteiger partial charge on any atom is 0.355 e. The summed E-state index contributed by atoms with van der Waals surface area (Å²) in [5.74, 6) is -0.471. The number of nitrogens with zero attached hydrogens (tertiary/aromatic N) is 2. The lowest BCUT2D eigenvalue weighted by atomic mass is 9.99. The van der Waals surface area contributed by atoms with E-state index in [-0.39, 0.29) is 4.90 Å². The van der Waals surface area contributed by atoms with Gasteiger partial charge in [-0.05, 0) is 79.0 Å². The first-order valence-corrected chi connectivity index (χ1v) is 13.1. The number of hydrogen-bond acceptors (Lipinski definition) is 5. The number of anilines is 2. The van der Waals surface area contributed by atoms with E-state index in [0.29, 0.717) is 31.9 Å². The van der Waals surface area contributed by atoms with Crippen molar-refractivity contribution in [3.8, 4) is 0 Å². The number of morpholine rings is 1. The second kappa shape index (κ2) is 7.85. The van der Waals surface area contributed by atoms with E-state index in [9.17, 15) is 13.8 Å². The molecule has 9 heteroatoms. The third-order valence-electron chi connectivity index (χ3n) is 7.03. The van der Waals surface area contributed by atoms with Crippen molar-refractivity contribution in [1.29, 1.82) is 0 Å². The van der Waals surface area contributed by atoms with E-state index in [4.69, 9.17) is 4.74 Å². The van der Waals surface area contributed by atoms with Crippen LogP contribution in [0.4, 0.5) is 16.2 Å². The van der Waals surface area contributed by atoms with Crippen molar-refractivity contribution in [2.75, 3.05) is 36.5 Å². The van der Waals surface area contributed by atoms with E-state index in [1.807, 2.05) is 6.07 Å². The number of nitrogens with one attached hydrogen (secondary N) is 2. The van der Waals surface area contributed by atoms with Crippen molar-refractivity contribution in [3.63, 3.8) is 0 Å². The fourth-order valence-electron chi connectivity index (χ4n) is 5.47. The Bertz CT molecular complexity index is 1270. The van der Waals surface area contributed by atoms with E-state index in [1.54, 1.807) is 12.1 Å². The Balaban J connectivity index is 1.35. The highest BCUT2D eigenvalue weighted by Crippen LogP contribution is 2.39. The summed E-state index contributed by atoms with van der Waals surface area (Å²) in [5, 5.41) is 2.96. The van der Waals surface area contributed by atoms with Gasteiger partial charge in [0, 0.05) is 24.5 Å². The van der Waals surface area contributed by atoms with Gasteiger partial charge in [0.1, 0.15) is 0 Å². The Kier molecular flexibility index (Phi) is 4.92. The number of fused-ring (bicyclic) bond motifs is 3. The Morgan fingerprint density at radius 1 is 1.03 bits per heavy atom. The number of hydrogen-bond donors (Lipinski definition) is 2. The minimum atomic E-state index is -3.42. The normalized spacial score (nSPS) is 23.0. The number of carbonyl (C=O) groups is 2. The average Bonchev–Trinajstić information content (AvgIpc) is 3.53. The topological polar surface area (TPSA) is 100 Å². The molecule has 4 aliphatic rings. The molecule has 2 heterocycles. The maximum absolute atomic E-state index is 13.7. The molecule has 2 aliphatic carbocycles. The Morgan fingerprint density at radius 3 is 2.42 bits per heavy atom. The third-order valence-corrected chi connectivity index (χ3v) is 8.85. The van der Waals surface area contributed by atoms with Crippen LogP contribution in [-0.2, 0) is 40.3 Å². The van der Waals surface area contributed by atoms with Crippen LogP contribution in [0.5, 0.6) is 0 Å². The van der Waals surface area contributed by atoms with E-state index < -0.39 is 21.9 Å². The van der Waals surface area contributed by atoms with Gasteiger partial charge in [0.25, 0.3) is 5.91 Å². The number of urea groups is 1. The van der Waals surface area contributed by atoms with Crippen LogP contribution < -0.4 is 14.9 Å².